The molecule has 0 radical (unpaired) electrons. The van der Waals surface area contributed by atoms with Gasteiger partial charge in [0.1, 0.15) is 0 Å². The molecule has 3 rings (SSSR count). The first-order chi connectivity index (χ1) is 7.27. The highest BCUT2D eigenvalue weighted by Gasteiger charge is 2.60. The fourth-order valence-corrected chi connectivity index (χ4v) is 3.11. The van der Waals surface area contributed by atoms with Gasteiger partial charge in [-0.05, 0) is 44.6 Å². The van der Waals surface area contributed by atoms with Gasteiger partial charge in [-0.2, -0.15) is 0 Å². The van der Waals surface area contributed by atoms with Crippen molar-refractivity contribution in [3.8, 4) is 0 Å². The monoisotopic (exact) mass is 244 g/mol. The van der Waals surface area contributed by atoms with E-state index in [2.05, 4.69) is 17.1 Å². The smallest absolute Gasteiger partial charge is 0.226 e. The highest BCUT2D eigenvalue weighted by atomic mass is 35.5. The van der Waals surface area contributed by atoms with Crippen LogP contribution in [0.1, 0.15) is 32.6 Å². The lowest BCUT2D eigenvalue weighted by Crippen LogP contribution is -2.35. The Morgan fingerprint density at radius 2 is 2.25 bits per heavy atom. The maximum absolute atomic E-state index is 12.3. The van der Waals surface area contributed by atoms with Crippen molar-refractivity contribution in [3.63, 3.8) is 0 Å². The fraction of sp³-hybridized carbons (Fsp3) is 0.917. The van der Waals surface area contributed by atoms with E-state index < -0.39 is 0 Å². The summed E-state index contributed by atoms with van der Waals surface area (Å²) in [5.74, 6) is 0.803. The summed E-state index contributed by atoms with van der Waals surface area (Å²) >= 11 is 0. The van der Waals surface area contributed by atoms with Crippen LogP contribution in [-0.4, -0.2) is 36.5 Å². The largest absolute Gasteiger partial charge is 0.340 e. The minimum absolute atomic E-state index is 0. The molecule has 0 aromatic rings. The Morgan fingerprint density at radius 3 is 2.75 bits per heavy atom. The summed E-state index contributed by atoms with van der Waals surface area (Å²) in [6, 6.07) is 0.592. The molecule has 2 aliphatic carbocycles. The molecular formula is C12H21ClN2O. The molecule has 2 saturated carbocycles. The van der Waals surface area contributed by atoms with Gasteiger partial charge in [-0.1, -0.05) is 0 Å². The van der Waals surface area contributed by atoms with E-state index in [-0.39, 0.29) is 12.4 Å². The molecule has 0 aromatic carbocycles. The summed E-state index contributed by atoms with van der Waals surface area (Å²) in [4.78, 5) is 14.4. The zero-order valence-electron chi connectivity index (χ0n) is 9.87. The average molecular weight is 245 g/mol. The molecule has 1 spiro atoms. The lowest BCUT2D eigenvalue weighted by atomic mass is 10.0. The van der Waals surface area contributed by atoms with Gasteiger partial charge in [0.05, 0.1) is 0 Å². The quantitative estimate of drug-likeness (QED) is 0.815. The Kier molecular flexibility index (Phi) is 3.19. The number of carbonyl (C=O) groups excluding carboxylic acids is 1. The lowest BCUT2D eigenvalue weighted by molar-refractivity contribution is -0.133. The topological polar surface area (TPSA) is 32.3 Å². The highest BCUT2D eigenvalue weighted by Crippen LogP contribution is 2.57. The van der Waals surface area contributed by atoms with E-state index in [0.717, 1.165) is 26.1 Å². The van der Waals surface area contributed by atoms with E-state index in [4.69, 9.17) is 0 Å². The van der Waals surface area contributed by atoms with E-state index in [9.17, 15) is 4.79 Å². The van der Waals surface area contributed by atoms with Crippen LogP contribution < -0.4 is 5.32 Å². The standard InChI is InChI=1S/C12H20N2O.ClH/c1-2-14(9-3-4-9)11(15)10-7-12(10)5-6-13-8-12;/h9-10,13H,2-8H2,1H3;1H. The molecular weight excluding hydrogens is 224 g/mol. The number of rotatable bonds is 3. The van der Waals surface area contributed by atoms with E-state index in [1.807, 2.05) is 0 Å². The van der Waals surface area contributed by atoms with E-state index in [1.165, 1.54) is 19.3 Å². The molecule has 1 N–H and O–H groups in total. The van der Waals surface area contributed by atoms with Gasteiger partial charge in [-0.3, -0.25) is 4.79 Å². The Morgan fingerprint density at radius 1 is 1.50 bits per heavy atom. The minimum Gasteiger partial charge on any atom is -0.340 e. The Bertz CT molecular complexity index is 285. The third kappa shape index (κ3) is 1.84. The zero-order valence-corrected chi connectivity index (χ0v) is 10.7. The van der Waals surface area contributed by atoms with Crippen molar-refractivity contribution >= 4 is 18.3 Å². The number of hydrogen-bond acceptors (Lipinski definition) is 2. The minimum atomic E-state index is 0. The molecule has 3 fully saturated rings. The molecule has 92 valence electrons. The summed E-state index contributed by atoms with van der Waals surface area (Å²) in [6.45, 7) is 5.20. The van der Waals surface area contributed by atoms with Crippen LogP contribution in [0, 0.1) is 11.3 Å². The Balaban J connectivity index is 0.000000963. The van der Waals surface area contributed by atoms with Crippen LogP contribution in [-0.2, 0) is 4.79 Å². The number of hydrogen-bond donors (Lipinski definition) is 1. The Hall–Kier alpha value is -0.280. The first-order valence-electron chi connectivity index (χ1n) is 6.28. The third-order valence-corrected chi connectivity index (χ3v) is 4.38. The van der Waals surface area contributed by atoms with E-state index >= 15 is 0 Å². The maximum Gasteiger partial charge on any atom is 0.226 e. The van der Waals surface area contributed by atoms with Crippen molar-refractivity contribution in [2.75, 3.05) is 19.6 Å². The molecule has 1 amide bonds. The molecule has 1 aliphatic heterocycles. The van der Waals surface area contributed by atoms with E-state index in [1.54, 1.807) is 0 Å². The first-order valence-corrected chi connectivity index (χ1v) is 6.28. The maximum atomic E-state index is 12.3. The zero-order chi connectivity index (χ0) is 10.5. The molecule has 0 bridgehead atoms. The summed E-state index contributed by atoms with van der Waals surface area (Å²) in [5.41, 5.74) is 0.374. The van der Waals surface area contributed by atoms with Crippen LogP contribution >= 0.6 is 12.4 Å². The van der Waals surface area contributed by atoms with Gasteiger partial charge in [0.15, 0.2) is 0 Å². The van der Waals surface area contributed by atoms with Gasteiger partial charge in [0, 0.05) is 25.0 Å². The van der Waals surface area contributed by atoms with Gasteiger partial charge in [-0.25, -0.2) is 0 Å². The van der Waals surface area contributed by atoms with Crippen molar-refractivity contribution in [2.24, 2.45) is 11.3 Å². The molecule has 1 saturated heterocycles. The number of carbonyl (C=O) groups is 1. The normalized spacial score (nSPS) is 35.9. The second-order valence-electron chi connectivity index (χ2n) is 5.40. The van der Waals surface area contributed by atoms with Crippen molar-refractivity contribution in [2.45, 2.75) is 38.6 Å². The Labute approximate surface area is 103 Å². The molecule has 2 atom stereocenters. The summed E-state index contributed by atoms with van der Waals surface area (Å²) in [5, 5.41) is 3.39. The molecule has 2 unspecified atom stereocenters. The van der Waals surface area contributed by atoms with Gasteiger partial charge < -0.3 is 10.2 Å². The lowest BCUT2D eigenvalue weighted by Gasteiger charge is -2.21. The van der Waals surface area contributed by atoms with E-state index in [0.29, 0.717) is 23.3 Å². The van der Waals surface area contributed by atoms with Crippen LogP contribution in [0.3, 0.4) is 0 Å². The van der Waals surface area contributed by atoms with Crippen LogP contribution in [0.2, 0.25) is 0 Å². The second-order valence-corrected chi connectivity index (χ2v) is 5.40. The SMILES string of the molecule is CCN(C(=O)C1CC12CCNC2)C1CC1.Cl. The molecule has 16 heavy (non-hydrogen) atoms. The highest BCUT2D eigenvalue weighted by molar-refractivity contribution is 5.85. The third-order valence-electron chi connectivity index (χ3n) is 4.38. The second kappa shape index (κ2) is 4.19. The van der Waals surface area contributed by atoms with Crippen molar-refractivity contribution < 1.29 is 4.79 Å². The summed E-state index contributed by atoms with van der Waals surface area (Å²) < 4.78 is 0. The number of amides is 1. The predicted octanol–water partition coefficient (Wildman–Crippen LogP) is 1.42. The summed E-state index contributed by atoms with van der Waals surface area (Å²) in [6.07, 6.45) is 4.82. The van der Waals surface area contributed by atoms with Gasteiger partial charge in [-0.15, -0.1) is 12.4 Å². The molecule has 1 heterocycles. The van der Waals surface area contributed by atoms with Crippen LogP contribution in [0.5, 0.6) is 0 Å². The molecule has 0 aromatic heterocycles. The number of halogens is 1. The van der Waals surface area contributed by atoms with Crippen molar-refractivity contribution in [1.82, 2.24) is 10.2 Å². The number of nitrogens with zero attached hydrogens (tertiary/aromatic N) is 1. The predicted molar refractivity (Wildman–Crippen MR) is 65.7 cm³/mol. The molecule has 3 aliphatic rings. The number of nitrogens with one attached hydrogen (secondary N) is 1. The average Bonchev–Trinajstić information content (AvgIpc) is 3.08. The van der Waals surface area contributed by atoms with Crippen LogP contribution in [0.4, 0.5) is 0 Å². The molecule has 4 heteroatoms. The van der Waals surface area contributed by atoms with Gasteiger partial charge in [0.25, 0.3) is 0 Å². The van der Waals surface area contributed by atoms with Gasteiger partial charge in [0.2, 0.25) is 5.91 Å². The van der Waals surface area contributed by atoms with Crippen LogP contribution in [0.15, 0.2) is 0 Å². The van der Waals surface area contributed by atoms with Gasteiger partial charge >= 0.3 is 0 Å². The first kappa shape index (κ1) is 12.2. The summed E-state index contributed by atoms with van der Waals surface area (Å²) in [7, 11) is 0. The fourth-order valence-electron chi connectivity index (χ4n) is 3.11. The van der Waals surface area contributed by atoms with Crippen molar-refractivity contribution in [1.29, 1.82) is 0 Å². The van der Waals surface area contributed by atoms with Crippen LogP contribution in [0.25, 0.3) is 0 Å². The molecule has 3 nitrogen and oxygen atoms in total. The van der Waals surface area contributed by atoms with Crippen molar-refractivity contribution in [3.05, 3.63) is 0 Å².